The lowest BCUT2D eigenvalue weighted by Crippen LogP contribution is -2.01. The molecule has 2 N–H and O–H groups in total. The predicted octanol–water partition coefficient (Wildman–Crippen LogP) is 2.05. The van der Waals surface area contributed by atoms with Crippen molar-refractivity contribution in [2.75, 3.05) is 6.54 Å². The zero-order valence-corrected chi connectivity index (χ0v) is 7.01. The van der Waals surface area contributed by atoms with Crippen LogP contribution in [-0.2, 0) is 6.42 Å². The minimum Gasteiger partial charge on any atom is -0.330 e. The van der Waals surface area contributed by atoms with Crippen LogP contribution in [0.1, 0.15) is 5.56 Å². The molecule has 1 aromatic rings. The van der Waals surface area contributed by atoms with E-state index in [2.05, 4.69) is 0 Å². The number of rotatable bonds is 3. The van der Waals surface area contributed by atoms with Crippen LogP contribution in [0.25, 0.3) is 0 Å². The second kappa shape index (κ2) is 4.37. The molecule has 0 spiro atoms. The van der Waals surface area contributed by atoms with Crippen LogP contribution in [-0.4, -0.2) is 6.54 Å². The maximum Gasteiger partial charge on any atom is 0.0406 e. The van der Waals surface area contributed by atoms with E-state index in [1.54, 1.807) is 0 Å². The Balaban J connectivity index is 2.52. The Morgan fingerprint density at radius 3 is 2.45 bits per heavy atom. The summed E-state index contributed by atoms with van der Waals surface area (Å²) >= 11 is 5.71. The van der Waals surface area contributed by atoms with Crippen molar-refractivity contribution in [2.45, 2.75) is 6.42 Å². The molecule has 0 amide bonds. The molecule has 0 saturated heterocycles. The molecule has 0 heterocycles. The van der Waals surface area contributed by atoms with Crippen LogP contribution in [0, 0.1) is 6.42 Å². The molecule has 1 aromatic carbocycles. The first kappa shape index (κ1) is 8.57. The van der Waals surface area contributed by atoms with Crippen molar-refractivity contribution in [3.63, 3.8) is 0 Å². The molecular formula is C9H11ClN. The molecule has 0 aliphatic carbocycles. The van der Waals surface area contributed by atoms with Crippen molar-refractivity contribution in [2.24, 2.45) is 5.73 Å². The maximum atomic E-state index is 5.71. The Morgan fingerprint density at radius 1 is 1.27 bits per heavy atom. The third-order valence-corrected chi connectivity index (χ3v) is 1.71. The topological polar surface area (TPSA) is 26.0 Å². The van der Waals surface area contributed by atoms with E-state index in [1.807, 2.05) is 30.7 Å². The summed E-state index contributed by atoms with van der Waals surface area (Å²) in [6.07, 6.45) is 2.96. The molecule has 0 aliphatic heterocycles. The average Bonchev–Trinajstić information content (AvgIpc) is 2.04. The van der Waals surface area contributed by atoms with Crippen LogP contribution in [0.3, 0.4) is 0 Å². The van der Waals surface area contributed by atoms with Crippen molar-refractivity contribution in [1.29, 1.82) is 0 Å². The number of nitrogens with two attached hydrogens (primary N) is 1. The van der Waals surface area contributed by atoms with Crippen LogP contribution in [0.4, 0.5) is 0 Å². The average molecular weight is 169 g/mol. The summed E-state index contributed by atoms with van der Waals surface area (Å²) in [5.41, 5.74) is 6.57. The Labute approximate surface area is 72.2 Å². The molecule has 0 saturated carbocycles. The van der Waals surface area contributed by atoms with Gasteiger partial charge in [-0.15, -0.1) is 0 Å². The third kappa shape index (κ3) is 2.91. The first-order valence-corrected chi connectivity index (χ1v) is 3.97. The Hall–Kier alpha value is -0.530. The SMILES string of the molecule is NC[CH]Cc1ccc(Cl)cc1. The van der Waals surface area contributed by atoms with Crippen molar-refractivity contribution < 1.29 is 0 Å². The minimum atomic E-state index is 0.628. The van der Waals surface area contributed by atoms with Crippen LogP contribution in [0.5, 0.6) is 0 Å². The van der Waals surface area contributed by atoms with Gasteiger partial charge >= 0.3 is 0 Å². The van der Waals surface area contributed by atoms with E-state index >= 15 is 0 Å². The van der Waals surface area contributed by atoms with E-state index in [-0.39, 0.29) is 0 Å². The second-order valence-corrected chi connectivity index (χ2v) is 2.79. The Morgan fingerprint density at radius 2 is 1.91 bits per heavy atom. The molecule has 0 bridgehead atoms. The van der Waals surface area contributed by atoms with Gasteiger partial charge in [0.25, 0.3) is 0 Å². The third-order valence-electron chi connectivity index (χ3n) is 1.46. The van der Waals surface area contributed by atoms with Gasteiger partial charge in [-0.05, 0) is 37.1 Å². The van der Waals surface area contributed by atoms with Gasteiger partial charge < -0.3 is 5.73 Å². The van der Waals surface area contributed by atoms with Gasteiger partial charge in [-0.2, -0.15) is 0 Å². The summed E-state index contributed by atoms with van der Waals surface area (Å²) in [5.74, 6) is 0. The van der Waals surface area contributed by atoms with Crippen molar-refractivity contribution in [3.8, 4) is 0 Å². The smallest absolute Gasteiger partial charge is 0.0406 e. The molecule has 2 heteroatoms. The number of hydrogen-bond acceptors (Lipinski definition) is 1. The lowest BCUT2D eigenvalue weighted by atomic mass is 10.1. The van der Waals surface area contributed by atoms with Gasteiger partial charge in [-0.1, -0.05) is 23.7 Å². The molecule has 11 heavy (non-hydrogen) atoms. The van der Waals surface area contributed by atoms with E-state index in [9.17, 15) is 0 Å². The zero-order valence-electron chi connectivity index (χ0n) is 6.26. The molecule has 1 rings (SSSR count). The Kier molecular flexibility index (Phi) is 3.40. The van der Waals surface area contributed by atoms with Gasteiger partial charge in [0.15, 0.2) is 0 Å². The standard InChI is InChI=1S/C9H11ClN/c10-9-5-3-8(4-6-9)2-1-7-11/h1,3-6H,2,7,11H2. The highest BCUT2D eigenvalue weighted by Gasteiger charge is 1.91. The normalized spacial score (nSPS) is 10.0. The fourth-order valence-corrected chi connectivity index (χ4v) is 0.996. The Bertz CT molecular complexity index is 205. The fraction of sp³-hybridized carbons (Fsp3) is 0.222. The highest BCUT2D eigenvalue weighted by molar-refractivity contribution is 6.30. The van der Waals surface area contributed by atoms with Gasteiger partial charge in [0.05, 0.1) is 0 Å². The molecule has 1 nitrogen and oxygen atoms in total. The van der Waals surface area contributed by atoms with Crippen molar-refractivity contribution in [3.05, 3.63) is 41.3 Å². The van der Waals surface area contributed by atoms with Crippen LogP contribution >= 0.6 is 11.6 Å². The van der Waals surface area contributed by atoms with Gasteiger partial charge in [0, 0.05) is 5.02 Å². The summed E-state index contributed by atoms with van der Waals surface area (Å²) in [5, 5.41) is 0.779. The highest BCUT2D eigenvalue weighted by Crippen LogP contribution is 2.10. The summed E-state index contributed by atoms with van der Waals surface area (Å²) < 4.78 is 0. The van der Waals surface area contributed by atoms with E-state index in [4.69, 9.17) is 17.3 Å². The minimum absolute atomic E-state index is 0.628. The second-order valence-electron chi connectivity index (χ2n) is 2.35. The molecular weight excluding hydrogens is 158 g/mol. The molecule has 1 radical (unpaired) electrons. The van der Waals surface area contributed by atoms with Gasteiger partial charge in [-0.25, -0.2) is 0 Å². The maximum absolute atomic E-state index is 5.71. The van der Waals surface area contributed by atoms with E-state index in [1.165, 1.54) is 5.56 Å². The van der Waals surface area contributed by atoms with Gasteiger partial charge in [-0.3, -0.25) is 0 Å². The number of halogens is 1. The first-order chi connectivity index (χ1) is 5.33. The quantitative estimate of drug-likeness (QED) is 0.735. The van der Waals surface area contributed by atoms with Gasteiger partial charge in [0.1, 0.15) is 0 Å². The molecule has 0 aromatic heterocycles. The zero-order chi connectivity index (χ0) is 8.10. The monoisotopic (exact) mass is 168 g/mol. The molecule has 0 atom stereocenters. The molecule has 59 valence electrons. The van der Waals surface area contributed by atoms with E-state index < -0.39 is 0 Å². The number of hydrogen-bond donors (Lipinski definition) is 1. The van der Waals surface area contributed by atoms with E-state index in [0.717, 1.165) is 11.4 Å². The fourth-order valence-electron chi connectivity index (χ4n) is 0.870. The predicted molar refractivity (Wildman–Crippen MR) is 48.5 cm³/mol. The molecule has 0 unspecified atom stereocenters. The summed E-state index contributed by atoms with van der Waals surface area (Å²) in [4.78, 5) is 0. The lowest BCUT2D eigenvalue weighted by molar-refractivity contribution is 1.03. The van der Waals surface area contributed by atoms with Crippen molar-refractivity contribution in [1.82, 2.24) is 0 Å². The van der Waals surface area contributed by atoms with Crippen LogP contribution < -0.4 is 5.73 Å². The largest absolute Gasteiger partial charge is 0.330 e. The van der Waals surface area contributed by atoms with Crippen LogP contribution in [0.15, 0.2) is 24.3 Å². The summed E-state index contributed by atoms with van der Waals surface area (Å²) in [6.45, 7) is 0.628. The van der Waals surface area contributed by atoms with E-state index in [0.29, 0.717) is 6.54 Å². The first-order valence-electron chi connectivity index (χ1n) is 3.59. The van der Waals surface area contributed by atoms with Gasteiger partial charge in [0.2, 0.25) is 0 Å². The summed E-state index contributed by atoms with van der Waals surface area (Å²) in [7, 11) is 0. The lowest BCUT2D eigenvalue weighted by Gasteiger charge is -1.97. The number of benzene rings is 1. The molecule has 0 aliphatic rings. The highest BCUT2D eigenvalue weighted by atomic mass is 35.5. The van der Waals surface area contributed by atoms with Crippen LogP contribution in [0.2, 0.25) is 5.02 Å². The molecule has 0 fully saturated rings. The van der Waals surface area contributed by atoms with Crippen molar-refractivity contribution >= 4 is 11.6 Å². The summed E-state index contributed by atoms with van der Waals surface area (Å²) in [6, 6.07) is 7.80.